The van der Waals surface area contributed by atoms with Gasteiger partial charge in [-0.25, -0.2) is 4.39 Å². The van der Waals surface area contributed by atoms with Crippen LogP contribution in [0.5, 0.6) is 5.75 Å². The van der Waals surface area contributed by atoms with E-state index < -0.39 is 5.82 Å². The van der Waals surface area contributed by atoms with Crippen LogP contribution in [0.1, 0.15) is 17.3 Å². The van der Waals surface area contributed by atoms with E-state index in [1.54, 1.807) is 6.92 Å². The van der Waals surface area contributed by atoms with Gasteiger partial charge in [-0.15, -0.1) is 0 Å². The molecule has 0 aliphatic rings. The molecule has 4 heteroatoms. The Morgan fingerprint density at radius 3 is 2.71 bits per heavy atom. The van der Waals surface area contributed by atoms with Crippen molar-refractivity contribution in [3.8, 4) is 5.75 Å². The second-order valence-corrected chi connectivity index (χ2v) is 4.20. The highest BCUT2D eigenvalue weighted by Crippen LogP contribution is 2.20. The lowest BCUT2D eigenvalue weighted by molar-refractivity contribution is 0.0995. The van der Waals surface area contributed by atoms with Crippen LogP contribution in [0, 0.1) is 5.82 Å². The molecular weight excluding hydrogens is 251 g/mol. The Labute approximate surface area is 90.2 Å². The molecule has 0 spiro atoms. The molecule has 0 amide bonds. The summed E-state index contributed by atoms with van der Waals surface area (Å²) in [5, 5.41) is 0. The molecule has 0 heterocycles. The van der Waals surface area contributed by atoms with E-state index in [-0.39, 0.29) is 16.4 Å². The second kappa shape index (κ2) is 4.55. The molecular formula is C10H10BrFO2. The number of ketones is 1. The number of alkyl halides is 1. The highest BCUT2D eigenvalue weighted by molar-refractivity contribution is 9.10. The van der Waals surface area contributed by atoms with E-state index in [1.165, 1.54) is 25.3 Å². The van der Waals surface area contributed by atoms with Gasteiger partial charge in [0.05, 0.1) is 11.9 Å². The summed E-state index contributed by atoms with van der Waals surface area (Å²) in [4.78, 5) is 11.2. The van der Waals surface area contributed by atoms with Gasteiger partial charge in [0.25, 0.3) is 0 Å². The van der Waals surface area contributed by atoms with Crippen LogP contribution in [0.15, 0.2) is 18.2 Å². The van der Waals surface area contributed by atoms with E-state index in [9.17, 15) is 9.18 Å². The maximum Gasteiger partial charge on any atom is 0.176 e. The molecule has 0 N–H and O–H groups in total. The minimum atomic E-state index is -0.466. The van der Waals surface area contributed by atoms with Crippen molar-refractivity contribution < 1.29 is 13.9 Å². The minimum absolute atomic E-state index is 0.0870. The number of carbonyl (C=O) groups is 1. The van der Waals surface area contributed by atoms with E-state index in [1.807, 2.05) is 0 Å². The average molecular weight is 261 g/mol. The summed E-state index contributed by atoms with van der Waals surface area (Å²) in [5.74, 6) is -0.474. The monoisotopic (exact) mass is 260 g/mol. The van der Waals surface area contributed by atoms with Gasteiger partial charge in [0.2, 0.25) is 0 Å². The van der Waals surface area contributed by atoms with E-state index >= 15 is 0 Å². The zero-order valence-corrected chi connectivity index (χ0v) is 9.47. The van der Waals surface area contributed by atoms with Crippen molar-refractivity contribution in [2.24, 2.45) is 0 Å². The zero-order valence-electron chi connectivity index (χ0n) is 7.88. The number of Topliss-reactive ketones (excluding diaryl/α,β-unsaturated/α-hetero) is 1. The van der Waals surface area contributed by atoms with Crippen molar-refractivity contribution in [2.45, 2.75) is 11.8 Å². The first-order valence-corrected chi connectivity index (χ1v) is 4.99. The molecule has 1 unspecified atom stereocenters. The van der Waals surface area contributed by atoms with Crippen LogP contribution in [-0.4, -0.2) is 17.7 Å². The van der Waals surface area contributed by atoms with Crippen molar-refractivity contribution in [2.75, 3.05) is 7.11 Å². The number of halogens is 2. The summed E-state index contributed by atoms with van der Waals surface area (Å²) in [6.45, 7) is 1.72. The molecule has 1 rings (SSSR count). The van der Waals surface area contributed by atoms with Gasteiger partial charge in [0, 0.05) is 5.56 Å². The molecule has 2 nitrogen and oxygen atoms in total. The molecule has 0 fully saturated rings. The lowest BCUT2D eigenvalue weighted by Gasteiger charge is -2.06. The molecule has 76 valence electrons. The van der Waals surface area contributed by atoms with Crippen molar-refractivity contribution >= 4 is 21.7 Å². The predicted octanol–water partition coefficient (Wildman–Crippen LogP) is 2.80. The Hall–Kier alpha value is -0.900. The van der Waals surface area contributed by atoms with Crippen molar-refractivity contribution in [3.63, 3.8) is 0 Å². The van der Waals surface area contributed by atoms with Gasteiger partial charge in [-0.1, -0.05) is 15.9 Å². The quantitative estimate of drug-likeness (QED) is 0.617. The maximum atomic E-state index is 13.0. The first kappa shape index (κ1) is 11.2. The third-order valence-electron chi connectivity index (χ3n) is 1.80. The van der Waals surface area contributed by atoms with Crippen LogP contribution in [0.4, 0.5) is 4.39 Å². The Morgan fingerprint density at radius 1 is 1.57 bits per heavy atom. The molecule has 0 radical (unpaired) electrons. The van der Waals surface area contributed by atoms with E-state index in [4.69, 9.17) is 4.74 Å². The Morgan fingerprint density at radius 2 is 2.21 bits per heavy atom. The van der Waals surface area contributed by atoms with Crippen LogP contribution in [-0.2, 0) is 0 Å². The lowest BCUT2D eigenvalue weighted by Crippen LogP contribution is -2.10. The van der Waals surface area contributed by atoms with Gasteiger partial charge in [0.15, 0.2) is 17.3 Å². The van der Waals surface area contributed by atoms with Gasteiger partial charge in [-0.05, 0) is 25.1 Å². The van der Waals surface area contributed by atoms with Crippen molar-refractivity contribution in [3.05, 3.63) is 29.6 Å². The Bertz CT molecular complexity index is 350. The number of carbonyl (C=O) groups excluding carboxylic acids is 1. The van der Waals surface area contributed by atoms with Crippen molar-refractivity contribution in [1.82, 2.24) is 0 Å². The molecule has 0 saturated heterocycles. The smallest absolute Gasteiger partial charge is 0.176 e. The van der Waals surface area contributed by atoms with Gasteiger partial charge < -0.3 is 4.74 Å². The molecule has 0 saturated carbocycles. The number of rotatable bonds is 3. The number of methoxy groups -OCH3 is 1. The topological polar surface area (TPSA) is 26.3 Å². The SMILES string of the molecule is COc1cc(C(=O)C(C)Br)ccc1F. The largest absolute Gasteiger partial charge is 0.494 e. The zero-order chi connectivity index (χ0) is 10.7. The number of ether oxygens (including phenoxy) is 1. The van der Waals surface area contributed by atoms with Crippen LogP contribution < -0.4 is 4.74 Å². The summed E-state index contributed by atoms with van der Waals surface area (Å²) in [6.07, 6.45) is 0. The summed E-state index contributed by atoms with van der Waals surface area (Å²) >= 11 is 3.16. The molecule has 0 bridgehead atoms. The Kier molecular flexibility index (Phi) is 3.63. The molecule has 14 heavy (non-hydrogen) atoms. The number of hydrogen-bond donors (Lipinski definition) is 0. The molecule has 1 aromatic rings. The third-order valence-corrected chi connectivity index (χ3v) is 2.21. The first-order chi connectivity index (χ1) is 6.56. The van der Waals surface area contributed by atoms with Crippen LogP contribution in [0.2, 0.25) is 0 Å². The highest BCUT2D eigenvalue weighted by atomic mass is 79.9. The molecule has 1 aromatic carbocycles. The summed E-state index contributed by atoms with van der Waals surface area (Å²) in [6, 6.07) is 4.06. The average Bonchev–Trinajstić information content (AvgIpc) is 2.17. The maximum absolute atomic E-state index is 13.0. The standard InChI is InChI=1S/C10H10BrFO2/c1-6(11)10(13)7-3-4-8(12)9(5-7)14-2/h3-6H,1-2H3. The molecule has 1 atom stereocenters. The lowest BCUT2D eigenvalue weighted by atomic mass is 10.1. The predicted molar refractivity (Wildman–Crippen MR) is 55.7 cm³/mol. The summed E-state index contributed by atoms with van der Waals surface area (Å²) in [7, 11) is 1.37. The van der Waals surface area contributed by atoms with Crippen LogP contribution in [0.3, 0.4) is 0 Å². The number of benzene rings is 1. The minimum Gasteiger partial charge on any atom is -0.494 e. The molecule has 0 aliphatic carbocycles. The summed E-state index contributed by atoms with van der Waals surface area (Å²) in [5.41, 5.74) is 0.438. The fourth-order valence-electron chi connectivity index (χ4n) is 1.04. The highest BCUT2D eigenvalue weighted by Gasteiger charge is 2.14. The van der Waals surface area contributed by atoms with Gasteiger partial charge >= 0.3 is 0 Å². The van der Waals surface area contributed by atoms with Crippen LogP contribution in [0.25, 0.3) is 0 Å². The molecule has 0 aliphatic heterocycles. The normalized spacial score (nSPS) is 12.3. The van der Waals surface area contributed by atoms with E-state index in [0.717, 1.165) is 0 Å². The van der Waals surface area contributed by atoms with Gasteiger partial charge in [-0.2, -0.15) is 0 Å². The van der Waals surface area contributed by atoms with Crippen molar-refractivity contribution in [1.29, 1.82) is 0 Å². The molecule has 0 aromatic heterocycles. The second-order valence-electron chi connectivity index (χ2n) is 2.83. The van der Waals surface area contributed by atoms with E-state index in [0.29, 0.717) is 5.56 Å². The fourth-order valence-corrected chi connectivity index (χ4v) is 1.31. The van der Waals surface area contributed by atoms with Gasteiger partial charge in [0.1, 0.15) is 0 Å². The van der Waals surface area contributed by atoms with Gasteiger partial charge in [-0.3, -0.25) is 4.79 Å². The fraction of sp³-hybridized carbons (Fsp3) is 0.300. The number of hydrogen-bond acceptors (Lipinski definition) is 2. The van der Waals surface area contributed by atoms with E-state index in [2.05, 4.69) is 15.9 Å². The summed E-state index contributed by atoms with van der Waals surface area (Å²) < 4.78 is 17.8. The Balaban J connectivity index is 3.06. The first-order valence-electron chi connectivity index (χ1n) is 4.08. The third kappa shape index (κ3) is 2.32. The van der Waals surface area contributed by atoms with Crippen LogP contribution >= 0.6 is 15.9 Å².